The number of nitrogens with zero attached hydrogens (tertiary/aromatic N) is 2. The predicted octanol–water partition coefficient (Wildman–Crippen LogP) is 1.86. The Balaban J connectivity index is 2.19. The molecule has 1 aromatic carbocycles. The number of aromatic nitrogens is 1. The number of piperidine rings is 1. The van der Waals surface area contributed by atoms with E-state index in [1.165, 1.54) is 6.20 Å². The lowest BCUT2D eigenvalue weighted by atomic mass is 10.0. The van der Waals surface area contributed by atoms with Crippen LogP contribution >= 0.6 is 0 Å². The highest BCUT2D eigenvalue weighted by molar-refractivity contribution is 6.04. The molecule has 1 aliphatic rings. The molecule has 3 rings (SSSR count). The highest BCUT2D eigenvalue weighted by Gasteiger charge is 2.24. The summed E-state index contributed by atoms with van der Waals surface area (Å²) >= 11 is 0. The first-order valence-corrected chi connectivity index (χ1v) is 6.78. The molecule has 1 fully saturated rings. The topological polar surface area (TPSA) is 79.5 Å². The molecule has 2 aromatic rings. The molecule has 1 aromatic heterocycles. The first kappa shape index (κ1) is 12.9. The van der Waals surface area contributed by atoms with Gasteiger partial charge in [0.15, 0.2) is 0 Å². The van der Waals surface area contributed by atoms with E-state index in [0.717, 1.165) is 36.0 Å². The number of carboxylic acids is 1. The maximum Gasteiger partial charge on any atom is 0.339 e. The van der Waals surface area contributed by atoms with Crippen molar-refractivity contribution in [2.24, 2.45) is 5.73 Å². The molecule has 104 valence electrons. The van der Waals surface area contributed by atoms with E-state index in [1.54, 1.807) is 0 Å². The molecule has 5 heteroatoms. The van der Waals surface area contributed by atoms with Gasteiger partial charge < -0.3 is 15.7 Å². The number of benzene rings is 1. The Morgan fingerprint density at radius 2 is 2.20 bits per heavy atom. The van der Waals surface area contributed by atoms with Gasteiger partial charge in [-0.15, -0.1) is 0 Å². The maximum absolute atomic E-state index is 11.5. The second-order valence-corrected chi connectivity index (χ2v) is 5.19. The predicted molar refractivity (Wildman–Crippen MR) is 78.1 cm³/mol. The molecule has 1 aliphatic heterocycles. The molecule has 0 amide bonds. The highest BCUT2D eigenvalue weighted by atomic mass is 16.4. The number of hydrogen-bond acceptors (Lipinski definition) is 4. The van der Waals surface area contributed by atoms with E-state index in [4.69, 9.17) is 5.73 Å². The fourth-order valence-corrected chi connectivity index (χ4v) is 2.84. The number of carboxylic acid groups (broad SMARTS) is 1. The number of para-hydroxylation sites is 1. The largest absolute Gasteiger partial charge is 0.478 e. The Morgan fingerprint density at radius 3 is 2.95 bits per heavy atom. The second kappa shape index (κ2) is 5.09. The van der Waals surface area contributed by atoms with Crippen molar-refractivity contribution in [1.82, 2.24) is 4.98 Å². The van der Waals surface area contributed by atoms with Gasteiger partial charge in [-0.1, -0.05) is 18.2 Å². The number of nitrogens with two attached hydrogens (primary N) is 1. The summed E-state index contributed by atoms with van der Waals surface area (Å²) in [7, 11) is 0. The molecule has 20 heavy (non-hydrogen) atoms. The summed E-state index contributed by atoms with van der Waals surface area (Å²) in [5.74, 6) is -0.947. The van der Waals surface area contributed by atoms with Gasteiger partial charge in [-0.25, -0.2) is 4.79 Å². The van der Waals surface area contributed by atoms with Gasteiger partial charge in [0.25, 0.3) is 0 Å². The van der Waals surface area contributed by atoms with Crippen molar-refractivity contribution in [3.8, 4) is 0 Å². The molecule has 1 saturated heterocycles. The van der Waals surface area contributed by atoms with Crippen molar-refractivity contribution < 1.29 is 9.90 Å². The molecule has 2 heterocycles. The minimum absolute atomic E-state index is 0.0947. The lowest BCUT2D eigenvalue weighted by Gasteiger charge is -2.34. The molecule has 0 bridgehead atoms. The van der Waals surface area contributed by atoms with Gasteiger partial charge in [0.05, 0.1) is 11.2 Å². The Hall–Kier alpha value is -2.14. The van der Waals surface area contributed by atoms with Crippen molar-refractivity contribution in [3.63, 3.8) is 0 Å². The van der Waals surface area contributed by atoms with E-state index >= 15 is 0 Å². The van der Waals surface area contributed by atoms with Crippen molar-refractivity contribution in [2.45, 2.75) is 18.9 Å². The number of anilines is 1. The van der Waals surface area contributed by atoms with Crippen LogP contribution in [0.4, 0.5) is 5.69 Å². The average Bonchev–Trinajstić information content (AvgIpc) is 2.46. The van der Waals surface area contributed by atoms with E-state index in [2.05, 4.69) is 9.88 Å². The average molecular weight is 271 g/mol. The number of rotatable bonds is 2. The molecule has 0 spiro atoms. The second-order valence-electron chi connectivity index (χ2n) is 5.19. The lowest BCUT2D eigenvalue weighted by molar-refractivity contribution is 0.0697. The van der Waals surface area contributed by atoms with Gasteiger partial charge in [0.1, 0.15) is 5.56 Å². The van der Waals surface area contributed by atoms with Gasteiger partial charge in [0.2, 0.25) is 0 Å². The van der Waals surface area contributed by atoms with Crippen LogP contribution in [0.2, 0.25) is 0 Å². The summed E-state index contributed by atoms with van der Waals surface area (Å²) in [4.78, 5) is 17.8. The Morgan fingerprint density at radius 1 is 1.40 bits per heavy atom. The number of fused-ring (bicyclic) bond motifs is 1. The van der Waals surface area contributed by atoms with Crippen molar-refractivity contribution in [2.75, 3.05) is 18.0 Å². The van der Waals surface area contributed by atoms with E-state index in [-0.39, 0.29) is 11.6 Å². The third-order valence-corrected chi connectivity index (χ3v) is 3.75. The molecular formula is C15H17N3O2. The van der Waals surface area contributed by atoms with Gasteiger partial charge in [-0.05, 0) is 18.9 Å². The number of pyridine rings is 1. The van der Waals surface area contributed by atoms with Crippen LogP contribution in [-0.2, 0) is 0 Å². The van der Waals surface area contributed by atoms with Crippen molar-refractivity contribution in [3.05, 3.63) is 36.0 Å². The Kier molecular flexibility index (Phi) is 3.28. The van der Waals surface area contributed by atoms with Crippen molar-refractivity contribution >= 4 is 22.6 Å². The Bertz CT molecular complexity index is 657. The normalized spacial score (nSPS) is 19.2. The molecule has 0 aliphatic carbocycles. The van der Waals surface area contributed by atoms with Gasteiger partial charge >= 0.3 is 5.97 Å². The Labute approximate surface area is 117 Å². The van der Waals surface area contributed by atoms with Crippen LogP contribution in [-0.4, -0.2) is 35.2 Å². The zero-order valence-electron chi connectivity index (χ0n) is 11.1. The van der Waals surface area contributed by atoms with Crippen LogP contribution in [0.25, 0.3) is 10.9 Å². The number of hydrogen-bond donors (Lipinski definition) is 2. The fraction of sp³-hybridized carbons (Fsp3) is 0.333. The smallest absolute Gasteiger partial charge is 0.339 e. The van der Waals surface area contributed by atoms with E-state index in [1.807, 2.05) is 24.3 Å². The zero-order valence-corrected chi connectivity index (χ0v) is 11.1. The van der Waals surface area contributed by atoms with Gasteiger partial charge in [-0.2, -0.15) is 0 Å². The maximum atomic E-state index is 11.5. The third kappa shape index (κ3) is 2.20. The van der Waals surface area contributed by atoms with Crippen LogP contribution in [0.1, 0.15) is 23.2 Å². The van der Waals surface area contributed by atoms with Crippen LogP contribution in [0.5, 0.6) is 0 Å². The van der Waals surface area contributed by atoms with E-state index < -0.39 is 5.97 Å². The van der Waals surface area contributed by atoms with Crippen LogP contribution in [0, 0.1) is 0 Å². The van der Waals surface area contributed by atoms with Crippen LogP contribution in [0.3, 0.4) is 0 Å². The summed E-state index contributed by atoms with van der Waals surface area (Å²) in [6.07, 6.45) is 3.42. The minimum Gasteiger partial charge on any atom is -0.478 e. The quantitative estimate of drug-likeness (QED) is 0.871. The standard InChI is InChI=1S/C15H17N3O2/c16-10-4-3-7-18(9-10)14-11-5-1-2-6-13(11)17-8-12(14)15(19)20/h1-2,5-6,8,10H,3-4,7,9,16H2,(H,19,20). The van der Waals surface area contributed by atoms with Gasteiger partial charge in [-0.3, -0.25) is 4.98 Å². The lowest BCUT2D eigenvalue weighted by Crippen LogP contribution is -2.43. The zero-order chi connectivity index (χ0) is 14.1. The summed E-state index contributed by atoms with van der Waals surface area (Å²) in [6, 6.07) is 7.72. The first-order chi connectivity index (χ1) is 9.66. The molecule has 1 atom stereocenters. The summed E-state index contributed by atoms with van der Waals surface area (Å²) in [6.45, 7) is 1.52. The van der Waals surface area contributed by atoms with Crippen molar-refractivity contribution in [1.29, 1.82) is 0 Å². The fourth-order valence-electron chi connectivity index (χ4n) is 2.84. The summed E-state index contributed by atoms with van der Waals surface area (Å²) in [5, 5.41) is 10.3. The van der Waals surface area contributed by atoms with E-state index in [0.29, 0.717) is 6.54 Å². The third-order valence-electron chi connectivity index (χ3n) is 3.75. The molecular weight excluding hydrogens is 254 g/mol. The summed E-state index contributed by atoms with van der Waals surface area (Å²) in [5.41, 5.74) is 7.84. The molecule has 1 unspecified atom stereocenters. The van der Waals surface area contributed by atoms with Gasteiger partial charge in [0, 0.05) is 30.7 Å². The van der Waals surface area contributed by atoms with E-state index in [9.17, 15) is 9.90 Å². The monoisotopic (exact) mass is 271 g/mol. The summed E-state index contributed by atoms with van der Waals surface area (Å²) < 4.78 is 0. The number of aromatic carboxylic acids is 1. The van der Waals surface area contributed by atoms with Crippen LogP contribution in [0.15, 0.2) is 30.5 Å². The molecule has 3 N–H and O–H groups in total. The minimum atomic E-state index is -0.947. The molecule has 0 radical (unpaired) electrons. The SMILES string of the molecule is NC1CCCN(c2c(C(=O)O)cnc3ccccc23)C1. The molecule has 5 nitrogen and oxygen atoms in total. The van der Waals surface area contributed by atoms with Crippen LogP contribution < -0.4 is 10.6 Å². The molecule has 0 saturated carbocycles. The first-order valence-electron chi connectivity index (χ1n) is 6.78. The number of carbonyl (C=O) groups is 1. The highest BCUT2D eigenvalue weighted by Crippen LogP contribution is 2.31.